The average molecular weight is 335 g/mol. The summed E-state index contributed by atoms with van der Waals surface area (Å²) in [6, 6.07) is 12.9. The van der Waals surface area contributed by atoms with Crippen molar-refractivity contribution in [1.82, 2.24) is 15.3 Å². The Morgan fingerprint density at radius 1 is 1.16 bits per heavy atom. The van der Waals surface area contributed by atoms with Gasteiger partial charge >= 0.3 is 5.97 Å². The third kappa shape index (κ3) is 3.80. The van der Waals surface area contributed by atoms with Gasteiger partial charge in [0.1, 0.15) is 0 Å². The highest BCUT2D eigenvalue weighted by Gasteiger charge is 2.14. The fourth-order valence-electron chi connectivity index (χ4n) is 2.50. The van der Waals surface area contributed by atoms with Crippen LogP contribution in [-0.2, 0) is 9.53 Å². The molecule has 2 aromatic heterocycles. The molecular weight excluding hydrogens is 318 g/mol. The maximum atomic E-state index is 12.6. The number of benzene rings is 1. The van der Waals surface area contributed by atoms with Gasteiger partial charge in [-0.25, -0.2) is 4.98 Å². The molecular formula is C19H17N3O3. The van der Waals surface area contributed by atoms with Gasteiger partial charge < -0.3 is 10.1 Å². The zero-order chi connectivity index (χ0) is 17.6. The summed E-state index contributed by atoms with van der Waals surface area (Å²) in [7, 11) is 1.32. The monoisotopic (exact) mass is 335 g/mol. The van der Waals surface area contributed by atoms with Crippen molar-refractivity contribution >= 4 is 22.8 Å². The van der Waals surface area contributed by atoms with Crippen LogP contribution in [0.1, 0.15) is 16.8 Å². The van der Waals surface area contributed by atoms with Crippen LogP contribution in [0.5, 0.6) is 0 Å². The fraction of sp³-hybridized carbons (Fsp3) is 0.158. The summed E-state index contributed by atoms with van der Waals surface area (Å²) in [6.07, 6.45) is 3.52. The number of carbonyl (C=O) groups is 2. The third-order valence-electron chi connectivity index (χ3n) is 3.76. The average Bonchev–Trinajstić information content (AvgIpc) is 2.67. The predicted molar refractivity (Wildman–Crippen MR) is 93.9 cm³/mol. The molecule has 0 aliphatic carbocycles. The van der Waals surface area contributed by atoms with Crippen molar-refractivity contribution in [2.45, 2.75) is 6.42 Å². The Kier molecular flexibility index (Phi) is 4.99. The standard InChI is InChI=1S/C19H17N3O3/c1-25-18(23)8-10-21-19(24)15-11-17(13-5-4-9-20-12-13)22-16-7-3-2-6-14(15)16/h2-7,9,11-12H,8,10H2,1H3,(H,21,24). The number of hydrogen-bond acceptors (Lipinski definition) is 5. The molecule has 1 amide bonds. The molecule has 0 atom stereocenters. The Balaban J connectivity index is 1.95. The summed E-state index contributed by atoms with van der Waals surface area (Å²) in [5.41, 5.74) is 2.73. The molecule has 2 heterocycles. The van der Waals surface area contributed by atoms with Gasteiger partial charge in [0.05, 0.1) is 30.3 Å². The molecule has 0 radical (unpaired) electrons. The van der Waals surface area contributed by atoms with Gasteiger partial charge in [-0.15, -0.1) is 0 Å². The largest absolute Gasteiger partial charge is 0.469 e. The van der Waals surface area contributed by atoms with Gasteiger partial charge in [0.25, 0.3) is 5.91 Å². The molecule has 3 aromatic rings. The molecule has 3 rings (SSSR count). The van der Waals surface area contributed by atoms with E-state index in [1.54, 1.807) is 18.5 Å². The van der Waals surface area contributed by atoms with E-state index in [4.69, 9.17) is 0 Å². The first kappa shape index (κ1) is 16.6. The summed E-state index contributed by atoms with van der Waals surface area (Å²) in [5, 5.41) is 3.51. The van der Waals surface area contributed by atoms with E-state index in [2.05, 4.69) is 20.0 Å². The fourth-order valence-corrected chi connectivity index (χ4v) is 2.50. The van der Waals surface area contributed by atoms with Gasteiger partial charge in [-0.1, -0.05) is 18.2 Å². The molecule has 6 nitrogen and oxygen atoms in total. The van der Waals surface area contributed by atoms with Gasteiger partial charge in [0, 0.05) is 29.9 Å². The molecule has 0 fully saturated rings. The SMILES string of the molecule is COC(=O)CCNC(=O)c1cc(-c2cccnc2)nc2ccccc12. The molecule has 1 N–H and O–H groups in total. The van der Waals surface area contributed by atoms with Crippen LogP contribution in [0.2, 0.25) is 0 Å². The Labute approximate surface area is 144 Å². The Morgan fingerprint density at radius 3 is 2.76 bits per heavy atom. The zero-order valence-electron chi connectivity index (χ0n) is 13.7. The number of carbonyl (C=O) groups excluding carboxylic acids is 2. The third-order valence-corrected chi connectivity index (χ3v) is 3.76. The Bertz CT molecular complexity index is 910. The van der Waals surface area contributed by atoms with Crippen molar-refractivity contribution in [2.75, 3.05) is 13.7 Å². The molecule has 6 heteroatoms. The summed E-state index contributed by atoms with van der Waals surface area (Å²) in [5.74, 6) is -0.622. The number of methoxy groups -OCH3 is 1. The van der Waals surface area contributed by atoms with Crippen molar-refractivity contribution < 1.29 is 14.3 Å². The minimum atomic E-state index is -0.365. The molecule has 126 valence electrons. The lowest BCUT2D eigenvalue weighted by atomic mass is 10.0. The topological polar surface area (TPSA) is 81.2 Å². The van der Waals surface area contributed by atoms with E-state index >= 15 is 0 Å². The van der Waals surface area contributed by atoms with E-state index in [1.807, 2.05) is 36.4 Å². The van der Waals surface area contributed by atoms with Gasteiger partial charge in [-0.2, -0.15) is 0 Å². The first-order valence-electron chi connectivity index (χ1n) is 7.84. The number of aromatic nitrogens is 2. The maximum Gasteiger partial charge on any atom is 0.307 e. The van der Waals surface area contributed by atoms with Crippen LogP contribution >= 0.6 is 0 Å². The normalized spacial score (nSPS) is 10.4. The maximum absolute atomic E-state index is 12.6. The number of pyridine rings is 2. The molecule has 0 bridgehead atoms. The van der Waals surface area contributed by atoms with Crippen LogP contribution in [0.4, 0.5) is 0 Å². The lowest BCUT2D eigenvalue weighted by molar-refractivity contribution is -0.140. The summed E-state index contributed by atoms with van der Waals surface area (Å²) in [6.45, 7) is 0.213. The minimum absolute atomic E-state index is 0.126. The predicted octanol–water partition coefficient (Wildman–Crippen LogP) is 2.59. The number of para-hydroxylation sites is 1. The van der Waals surface area contributed by atoms with Gasteiger partial charge in [0.15, 0.2) is 0 Å². The molecule has 0 aliphatic rings. The molecule has 0 saturated heterocycles. The molecule has 0 aliphatic heterocycles. The van der Waals surface area contributed by atoms with E-state index in [1.165, 1.54) is 7.11 Å². The van der Waals surface area contributed by atoms with Gasteiger partial charge in [0.2, 0.25) is 0 Å². The number of esters is 1. The number of rotatable bonds is 5. The van der Waals surface area contributed by atoms with E-state index in [0.29, 0.717) is 11.3 Å². The van der Waals surface area contributed by atoms with Gasteiger partial charge in [-0.05, 0) is 24.3 Å². The molecule has 0 saturated carbocycles. The quantitative estimate of drug-likeness (QED) is 0.725. The molecule has 25 heavy (non-hydrogen) atoms. The van der Waals surface area contributed by atoms with Crippen LogP contribution in [0, 0.1) is 0 Å². The van der Waals surface area contributed by atoms with E-state index in [0.717, 1.165) is 16.5 Å². The molecule has 1 aromatic carbocycles. The van der Waals surface area contributed by atoms with E-state index in [9.17, 15) is 9.59 Å². The molecule has 0 spiro atoms. The van der Waals surface area contributed by atoms with Crippen molar-refractivity contribution in [3.05, 3.63) is 60.4 Å². The second-order valence-corrected chi connectivity index (χ2v) is 5.40. The summed E-state index contributed by atoms with van der Waals surface area (Å²) >= 11 is 0. The summed E-state index contributed by atoms with van der Waals surface area (Å²) < 4.78 is 4.58. The van der Waals surface area contributed by atoms with E-state index in [-0.39, 0.29) is 24.8 Å². The number of ether oxygens (including phenoxy) is 1. The summed E-state index contributed by atoms with van der Waals surface area (Å²) in [4.78, 5) is 32.5. The van der Waals surface area contributed by atoms with E-state index < -0.39 is 0 Å². The van der Waals surface area contributed by atoms with Crippen LogP contribution < -0.4 is 5.32 Å². The lowest BCUT2D eigenvalue weighted by Gasteiger charge is -2.10. The highest BCUT2D eigenvalue weighted by molar-refractivity contribution is 6.07. The van der Waals surface area contributed by atoms with Crippen LogP contribution in [0.25, 0.3) is 22.2 Å². The number of amides is 1. The number of nitrogens with one attached hydrogen (secondary N) is 1. The first-order chi connectivity index (χ1) is 12.2. The lowest BCUT2D eigenvalue weighted by Crippen LogP contribution is -2.26. The second kappa shape index (κ2) is 7.53. The highest BCUT2D eigenvalue weighted by atomic mass is 16.5. The number of fused-ring (bicyclic) bond motifs is 1. The van der Waals surface area contributed by atoms with Crippen molar-refractivity contribution in [2.24, 2.45) is 0 Å². The molecule has 0 unspecified atom stereocenters. The number of hydrogen-bond donors (Lipinski definition) is 1. The van der Waals surface area contributed by atoms with Crippen molar-refractivity contribution in [3.63, 3.8) is 0 Å². The number of nitrogens with zero attached hydrogens (tertiary/aromatic N) is 2. The highest BCUT2D eigenvalue weighted by Crippen LogP contribution is 2.24. The van der Waals surface area contributed by atoms with Gasteiger partial charge in [-0.3, -0.25) is 14.6 Å². The first-order valence-corrected chi connectivity index (χ1v) is 7.84. The Hall–Kier alpha value is -3.28. The Morgan fingerprint density at radius 2 is 2.00 bits per heavy atom. The van der Waals surface area contributed by atoms with Crippen molar-refractivity contribution in [3.8, 4) is 11.3 Å². The smallest absolute Gasteiger partial charge is 0.307 e. The zero-order valence-corrected chi connectivity index (χ0v) is 13.7. The van der Waals surface area contributed by atoms with Crippen LogP contribution in [-0.4, -0.2) is 35.5 Å². The van der Waals surface area contributed by atoms with Crippen molar-refractivity contribution in [1.29, 1.82) is 0 Å². The van der Waals surface area contributed by atoms with Crippen LogP contribution in [0.3, 0.4) is 0 Å². The second-order valence-electron chi connectivity index (χ2n) is 5.40. The minimum Gasteiger partial charge on any atom is -0.469 e. The van der Waals surface area contributed by atoms with Crippen LogP contribution in [0.15, 0.2) is 54.9 Å².